The van der Waals surface area contributed by atoms with E-state index >= 15 is 0 Å². The molecule has 5 heterocycles. The zero-order valence-corrected chi connectivity index (χ0v) is 69.4. The quantitative estimate of drug-likeness (QED) is 0.134. The highest BCUT2D eigenvalue weighted by molar-refractivity contribution is 7.00. The van der Waals surface area contributed by atoms with E-state index in [0.717, 1.165) is 95.6 Å². The molecule has 0 fully saturated rings. The van der Waals surface area contributed by atoms with Crippen LogP contribution in [0.1, 0.15) is 132 Å². The third-order valence-corrected chi connectivity index (χ3v) is 25.1. The number of fused-ring (bicyclic) bond motifs is 14. The van der Waals surface area contributed by atoms with Crippen LogP contribution >= 0.6 is 0 Å². The lowest BCUT2D eigenvalue weighted by atomic mass is 9.33. The van der Waals surface area contributed by atoms with Gasteiger partial charge in [-0.05, 0) is 209 Å². The van der Waals surface area contributed by atoms with E-state index in [-0.39, 0.29) is 33.8 Å². The van der Waals surface area contributed by atoms with Crippen LogP contribution in [0.5, 0.6) is 0 Å². The number of rotatable bonds is 9. The number of hydrogen-bond acceptors (Lipinski definition) is 2. The lowest BCUT2D eigenvalue weighted by molar-refractivity contribution is 0.590. The second kappa shape index (κ2) is 26.5. The second-order valence-corrected chi connectivity index (χ2v) is 37.8. The van der Waals surface area contributed by atoms with Gasteiger partial charge in [-0.1, -0.05) is 310 Å². The van der Waals surface area contributed by atoms with Gasteiger partial charge in [0.1, 0.15) is 0 Å². The molecule has 0 saturated heterocycles. The summed E-state index contributed by atoms with van der Waals surface area (Å²) in [5.41, 5.74) is 35.6. The van der Waals surface area contributed by atoms with Gasteiger partial charge in [-0.15, -0.1) is 0 Å². The van der Waals surface area contributed by atoms with E-state index in [2.05, 4.69) is 449 Å². The summed E-state index contributed by atoms with van der Waals surface area (Å²) in [6.07, 6.45) is 0. The SMILES string of the molecule is CC(C)(C)c1cc(-c2ccccc2)c(N2c3cc(-n4c5ccc(C(C)(C)C)cc5c5cc(C(C)(C)C)ccc54)ccc3B3c4ccc(-n5c6ccccc6c6ccc7c(c8ccccc8n7-c7ccccc7)c65)cc4N(c4c(-c5ccccc5)cc(C(C)(C)C)cc4-c4ccccc4)c4cc(C(C)(C)C)cc2c43)c(-c2ccccc2)c1. The average molecular weight is 1500 g/mol. The fraction of sp³-hybridized carbons (Fsp3) is 0.182. The van der Waals surface area contributed by atoms with Crippen LogP contribution in [0.3, 0.4) is 0 Å². The van der Waals surface area contributed by atoms with Crippen molar-refractivity contribution in [3.05, 3.63) is 349 Å². The van der Waals surface area contributed by atoms with Gasteiger partial charge in [-0.3, -0.25) is 0 Å². The summed E-state index contributed by atoms with van der Waals surface area (Å²) in [5.74, 6) is 0. The van der Waals surface area contributed by atoms with Crippen molar-refractivity contribution in [2.45, 2.75) is 131 Å². The third-order valence-electron chi connectivity index (χ3n) is 25.1. The van der Waals surface area contributed by atoms with Crippen molar-refractivity contribution in [1.29, 1.82) is 0 Å². The maximum Gasteiger partial charge on any atom is 0.252 e. The van der Waals surface area contributed by atoms with Crippen molar-refractivity contribution < 1.29 is 0 Å². The number of hydrogen-bond donors (Lipinski definition) is 0. The molecule has 15 aromatic carbocycles. The minimum atomic E-state index is -0.363. The summed E-state index contributed by atoms with van der Waals surface area (Å²) >= 11 is 0. The molecule has 3 aromatic heterocycles. The highest BCUT2D eigenvalue weighted by Crippen LogP contribution is 2.57. The van der Waals surface area contributed by atoms with Crippen molar-refractivity contribution in [2.24, 2.45) is 0 Å². The zero-order valence-electron chi connectivity index (χ0n) is 69.4. The van der Waals surface area contributed by atoms with Crippen LogP contribution < -0.4 is 26.2 Å². The highest BCUT2D eigenvalue weighted by Gasteiger charge is 2.47. The van der Waals surface area contributed by atoms with Crippen molar-refractivity contribution in [3.8, 4) is 61.6 Å². The minimum absolute atomic E-state index is 0.0703. The summed E-state index contributed by atoms with van der Waals surface area (Å²) in [7, 11) is 0. The normalized spacial score (nSPS) is 13.2. The molecule has 0 saturated carbocycles. The van der Waals surface area contributed by atoms with Crippen molar-refractivity contribution in [2.75, 3.05) is 9.80 Å². The molecule has 2 aliphatic rings. The summed E-state index contributed by atoms with van der Waals surface area (Å²) in [6.45, 7) is 35.2. The lowest BCUT2D eigenvalue weighted by Crippen LogP contribution is -2.61. The zero-order chi connectivity index (χ0) is 79.8. The summed E-state index contributed by atoms with van der Waals surface area (Å²) in [4.78, 5) is 5.52. The predicted molar refractivity (Wildman–Crippen MR) is 499 cm³/mol. The topological polar surface area (TPSA) is 21.3 Å². The number of nitrogens with zero attached hydrogens (tertiary/aromatic N) is 5. The largest absolute Gasteiger partial charge is 0.310 e. The van der Waals surface area contributed by atoms with Crippen LogP contribution in [0.15, 0.2) is 322 Å². The molecule has 20 rings (SSSR count). The Hall–Kier alpha value is -12.6. The van der Waals surface area contributed by atoms with E-state index in [1.54, 1.807) is 0 Å². The molecule has 0 atom stereocenters. The molecular weight excluding hydrogens is 1400 g/mol. The van der Waals surface area contributed by atoms with Crippen molar-refractivity contribution in [1.82, 2.24) is 13.7 Å². The second-order valence-electron chi connectivity index (χ2n) is 37.8. The number of para-hydroxylation sites is 3. The highest BCUT2D eigenvalue weighted by atomic mass is 15.2. The molecule has 2 aliphatic heterocycles. The predicted octanol–water partition coefficient (Wildman–Crippen LogP) is 28.2. The van der Waals surface area contributed by atoms with Crippen LogP contribution in [-0.2, 0) is 27.1 Å². The van der Waals surface area contributed by atoms with Crippen LogP contribution in [0.2, 0.25) is 0 Å². The average Bonchev–Trinajstić information content (AvgIpc) is 1.03. The van der Waals surface area contributed by atoms with Gasteiger partial charge in [0, 0.05) is 94.4 Å². The molecule has 6 heteroatoms. The number of anilines is 6. The third kappa shape index (κ3) is 11.6. The molecule has 116 heavy (non-hydrogen) atoms. The molecule has 18 aromatic rings. The molecule has 0 radical (unpaired) electrons. The van der Waals surface area contributed by atoms with Gasteiger partial charge in [-0.2, -0.15) is 0 Å². The van der Waals surface area contributed by atoms with Crippen molar-refractivity contribution in [3.63, 3.8) is 0 Å². The Kier molecular flexibility index (Phi) is 16.5. The van der Waals surface area contributed by atoms with Crippen LogP contribution in [0.25, 0.3) is 127 Å². The van der Waals surface area contributed by atoms with Gasteiger partial charge in [0.2, 0.25) is 0 Å². The Morgan fingerprint density at radius 3 is 0.974 bits per heavy atom. The first-order chi connectivity index (χ1) is 55.7. The summed E-state index contributed by atoms with van der Waals surface area (Å²) < 4.78 is 7.65. The molecule has 0 amide bonds. The van der Waals surface area contributed by atoms with Crippen molar-refractivity contribution >= 4 is 123 Å². The Morgan fingerprint density at radius 1 is 0.224 bits per heavy atom. The molecule has 0 aliphatic carbocycles. The van der Waals surface area contributed by atoms with Gasteiger partial charge in [0.05, 0.1) is 44.5 Å². The van der Waals surface area contributed by atoms with E-state index in [1.165, 1.54) is 110 Å². The fourth-order valence-electron chi connectivity index (χ4n) is 19.0. The molecule has 0 spiro atoms. The first kappa shape index (κ1) is 72.3. The molecule has 0 bridgehead atoms. The van der Waals surface area contributed by atoms with E-state index in [9.17, 15) is 0 Å². The molecule has 0 unspecified atom stereocenters. The molecular formula is C110H98BN5. The Balaban J connectivity index is 0.974. The first-order valence-electron chi connectivity index (χ1n) is 41.5. The molecule has 0 N–H and O–H groups in total. The smallest absolute Gasteiger partial charge is 0.252 e. The Labute approximate surface area is 683 Å². The van der Waals surface area contributed by atoms with Gasteiger partial charge < -0.3 is 23.5 Å². The standard InChI is InChI=1S/C110H98BN5/c1-106(2,3)73-49-56-94-88(59-73)89-60-74(107(4,5)6)50-57-95(89)113(94)79-51-54-90-97(67-79)115(103-84(69-35-21-16-22-36-69)61-75(108(7,8)9)62-85(103)70-37-23-17-24-38-70)99-65-77(110(13,14)15)66-100-102(99)111(90)91-55-52-80(68-98(91)116(100)104-86(71-39-25-18-26-40-71)63-76(109(10,11)12)64-87(104)72-41-27-19-28-42-72)114-92-47-33-31-45-81(92)82-53-58-96-101(105(82)114)83-46-32-34-48-93(83)112(96)78-43-29-20-30-44-78/h16-68H,1-15H3. The summed E-state index contributed by atoms with van der Waals surface area (Å²) in [5, 5.41) is 7.37. The fourth-order valence-corrected chi connectivity index (χ4v) is 19.0. The molecule has 5 nitrogen and oxygen atoms in total. The van der Waals surface area contributed by atoms with Gasteiger partial charge >= 0.3 is 0 Å². The Morgan fingerprint density at radius 2 is 0.560 bits per heavy atom. The minimum Gasteiger partial charge on any atom is -0.310 e. The monoisotopic (exact) mass is 1500 g/mol. The number of aromatic nitrogens is 3. The van der Waals surface area contributed by atoms with E-state index in [1.807, 2.05) is 0 Å². The van der Waals surface area contributed by atoms with Gasteiger partial charge in [0.25, 0.3) is 6.71 Å². The van der Waals surface area contributed by atoms with Crippen LogP contribution in [0, 0.1) is 0 Å². The summed E-state index contributed by atoms with van der Waals surface area (Å²) in [6, 6.07) is 124. The molecule has 566 valence electrons. The number of benzene rings is 15. The van der Waals surface area contributed by atoms with E-state index in [0.29, 0.717) is 0 Å². The first-order valence-corrected chi connectivity index (χ1v) is 41.5. The maximum atomic E-state index is 2.76. The Bertz CT molecular complexity index is 6810. The maximum absolute atomic E-state index is 2.76. The lowest BCUT2D eigenvalue weighted by Gasteiger charge is -2.47. The van der Waals surface area contributed by atoms with Gasteiger partial charge in [-0.25, -0.2) is 0 Å². The van der Waals surface area contributed by atoms with Crippen LogP contribution in [0.4, 0.5) is 34.1 Å². The van der Waals surface area contributed by atoms with E-state index < -0.39 is 0 Å². The van der Waals surface area contributed by atoms with E-state index in [4.69, 9.17) is 0 Å². The van der Waals surface area contributed by atoms with Crippen LogP contribution in [-0.4, -0.2) is 20.4 Å². The van der Waals surface area contributed by atoms with Gasteiger partial charge in [0.15, 0.2) is 0 Å².